The summed E-state index contributed by atoms with van der Waals surface area (Å²) in [6.07, 6.45) is -4.54. The number of methoxy groups -OCH3 is 1. The third kappa shape index (κ3) is 5.74. The van der Waals surface area contributed by atoms with Crippen molar-refractivity contribution in [2.45, 2.75) is 18.6 Å². The summed E-state index contributed by atoms with van der Waals surface area (Å²) < 4.78 is 45.4. The fraction of sp³-hybridized carbons (Fsp3) is 0.462. The van der Waals surface area contributed by atoms with Crippen LogP contribution in [0.25, 0.3) is 0 Å². The SMILES string of the molecule is COCC(C)(NC(=O)c1cccc(OCC(F)(F)F)n1)C(=O)O. The van der Waals surface area contributed by atoms with Crippen LogP contribution in [0.15, 0.2) is 18.2 Å². The van der Waals surface area contributed by atoms with Gasteiger partial charge >= 0.3 is 12.1 Å². The zero-order valence-electron chi connectivity index (χ0n) is 12.3. The molecule has 1 atom stereocenters. The molecule has 0 aliphatic carbocycles. The average Bonchev–Trinajstić information content (AvgIpc) is 2.44. The number of halogens is 3. The van der Waals surface area contributed by atoms with E-state index in [-0.39, 0.29) is 12.3 Å². The molecular formula is C13H15F3N2O5. The number of aromatic nitrogens is 1. The number of hydrogen-bond acceptors (Lipinski definition) is 5. The molecule has 0 saturated heterocycles. The molecule has 1 aromatic rings. The summed E-state index contributed by atoms with van der Waals surface area (Å²) in [6.45, 7) is -0.638. The molecule has 7 nitrogen and oxygen atoms in total. The van der Waals surface area contributed by atoms with Gasteiger partial charge in [0.1, 0.15) is 5.69 Å². The molecule has 0 fully saturated rings. The molecule has 0 radical (unpaired) electrons. The van der Waals surface area contributed by atoms with Crippen LogP contribution in [0, 0.1) is 0 Å². The molecule has 0 spiro atoms. The smallest absolute Gasteiger partial charge is 0.422 e. The maximum absolute atomic E-state index is 12.1. The molecule has 0 aromatic carbocycles. The fourth-order valence-corrected chi connectivity index (χ4v) is 1.53. The Morgan fingerprint density at radius 3 is 2.48 bits per heavy atom. The molecule has 0 aliphatic heterocycles. The first-order valence-electron chi connectivity index (χ1n) is 6.29. The second-order valence-electron chi connectivity index (χ2n) is 4.79. The van der Waals surface area contributed by atoms with Gasteiger partial charge < -0.3 is 19.9 Å². The summed E-state index contributed by atoms with van der Waals surface area (Å²) >= 11 is 0. The van der Waals surface area contributed by atoms with Crippen molar-refractivity contribution in [3.63, 3.8) is 0 Å². The Morgan fingerprint density at radius 2 is 1.96 bits per heavy atom. The zero-order chi connectivity index (χ0) is 17.7. The van der Waals surface area contributed by atoms with Gasteiger partial charge in [0.15, 0.2) is 12.1 Å². The quantitative estimate of drug-likeness (QED) is 0.777. The second kappa shape index (κ2) is 7.27. The third-order valence-electron chi connectivity index (χ3n) is 2.63. The van der Waals surface area contributed by atoms with Gasteiger partial charge in [-0.1, -0.05) is 6.07 Å². The Morgan fingerprint density at radius 1 is 1.30 bits per heavy atom. The van der Waals surface area contributed by atoms with E-state index in [1.807, 2.05) is 0 Å². The number of carboxylic acids is 1. The Labute approximate surface area is 129 Å². The number of nitrogens with zero attached hydrogens (tertiary/aromatic N) is 1. The van der Waals surface area contributed by atoms with Crippen LogP contribution in [0.5, 0.6) is 5.88 Å². The van der Waals surface area contributed by atoms with Gasteiger partial charge in [-0.05, 0) is 13.0 Å². The van der Waals surface area contributed by atoms with Crippen LogP contribution in [-0.4, -0.2) is 54.0 Å². The van der Waals surface area contributed by atoms with Gasteiger partial charge in [0, 0.05) is 13.2 Å². The van der Waals surface area contributed by atoms with Gasteiger partial charge in [0.05, 0.1) is 6.61 Å². The normalized spacial score (nSPS) is 14.0. The molecule has 1 unspecified atom stereocenters. The second-order valence-corrected chi connectivity index (χ2v) is 4.79. The fourth-order valence-electron chi connectivity index (χ4n) is 1.53. The van der Waals surface area contributed by atoms with Gasteiger partial charge in [0.25, 0.3) is 5.91 Å². The summed E-state index contributed by atoms with van der Waals surface area (Å²) in [5, 5.41) is 11.3. The third-order valence-corrected chi connectivity index (χ3v) is 2.63. The Balaban J connectivity index is 2.86. The zero-order valence-corrected chi connectivity index (χ0v) is 12.3. The van der Waals surface area contributed by atoms with E-state index in [9.17, 15) is 22.8 Å². The summed E-state index contributed by atoms with van der Waals surface area (Å²) in [4.78, 5) is 26.8. The van der Waals surface area contributed by atoms with E-state index < -0.39 is 36.1 Å². The van der Waals surface area contributed by atoms with Crippen molar-refractivity contribution in [3.8, 4) is 5.88 Å². The van der Waals surface area contributed by atoms with Crippen LogP contribution in [0.3, 0.4) is 0 Å². The molecule has 1 rings (SSSR count). The van der Waals surface area contributed by atoms with Crippen molar-refractivity contribution in [2.24, 2.45) is 0 Å². The highest BCUT2D eigenvalue weighted by molar-refractivity contribution is 5.96. The van der Waals surface area contributed by atoms with E-state index >= 15 is 0 Å². The van der Waals surface area contributed by atoms with Crippen molar-refractivity contribution in [3.05, 3.63) is 23.9 Å². The number of amides is 1. The van der Waals surface area contributed by atoms with Gasteiger partial charge in [-0.15, -0.1) is 0 Å². The number of pyridine rings is 1. The number of aliphatic carboxylic acids is 1. The van der Waals surface area contributed by atoms with Crippen LogP contribution in [-0.2, 0) is 9.53 Å². The lowest BCUT2D eigenvalue weighted by atomic mass is 10.0. The highest BCUT2D eigenvalue weighted by atomic mass is 19.4. The summed E-state index contributed by atoms with van der Waals surface area (Å²) in [5.41, 5.74) is -2.00. The number of carboxylic acid groups (broad SMARTS) is 1. The van der Waals surface area contributed by atoms with Crippen molar-refractivity contribution in [2.75, 3.05) is 20.3 Å². The lowest BCUT2D eigenvalue weighted by molar-refractivity contribution is -0.154. The molecule has 23 heavy (non-hydrogen) atoms. The molecule has 0 aliphatic rings. The molecule has 0 bridgehead atoms. The number of ether oxygens (including phenoxy) is 2. The van der Waals surface area contributed by atoms with Crippen molar-refractivity contribution >= 4 is 11.9 Å². The largest absolute Gasteiger partial charge is 0.479 e. The Kier molecular flexibility index (Phi) is 5.91. The maximum Gasteiger partial charge on any atom is 0.422 e. The first-order valence-corrected chi connectivity index (χ1v) is 6.29. The van der Waals surface area contributed by atoms with Crippen molar-refractivity contribution in [1.82, 2.24) is 10.3 Å². The lowest BCUT2D eigenvalue weighted by Crippen LogP contribution is -2.55. The number of nitrogens with one attached hydrogen (secondary N) is 1. The number of carbonyl (C=O) groups is 2. The van der Waals surface area contributed by atoms with E-state index in [2.05, 4.69) is 15.0 Å². The lowest BCUT2D eigenvalue weighted by Gasteiger charge is -2.25. The van der Waals surface area contributed by atoms with Crippen LogP contribution in [0.2, 0.25) is 0 Å². The highest BCUT2D eigenvalue weighted by Gasteiger charge is 2.35. The first-order chi connectivity index (χ1) is 10.6. The summed E-state index contributed by atoms with van der Waals surface area (Å²) in [7, 11) is 1.26. The van der Waals surface area contributed by atoms with E-state index in [4.69, 9.17) is 9.84 Å². The van der Waals surface area contributed by atoms with Crippen LogP contribution in [0.4, 0.5) is 13.2 Å². The topological polar surface area (TPSA) is 97.8 Å². The van der Waals surface area contributed by atoms with E-state index in [1.165, 1.54) is 26.2 Å². The first kappa shape index (κ1) is 18.7. The van der Waals surface area contributed by atoms with Crippen LogP contribution >= 0.6 is 0 Å². The number of rotatable bonds is 7. The minimum absolute atomic E-state index is 0.284. The number of carbonyl (C=O) groups excluding carboxylic acids is 1. The van der Waals surface area contributed by atoms with Crippen molar-refractivity contribution < 1.29 is 37.3 Å². The van der Waals surface area contributed by atoms with Crippen LogP contribution in [0.1, 0.15) is 17.4 Å². The molecule has 0 saturated carbocycles. The molecule has 1 heterocycles. The Bertz CT molecular complexity index is 579. The molecular weight excluding hydrogens is 321 g/mol. The summed E-state index contributed by atoms with van der Waals surface area (Å²) in [5.74, 6) is -2.62. The summed E-state index contributed by atoms with van der Waals surface area (Å²) in [6, 6.07) is 3.63. The average molecular weight is 336 g/mol. The number of alkyl halides is 3. The predicted molar refractivity (Wildman–Crippen MR) is 71.2 cm³/mol. The van der Waals surface area contributed by atoms with Crippen LogP contribution < -0.4 is 10.1 Å². The molecule has 10 heteroatoms. The monoisotopic (exact) mass is 336 g/mol. The van der Waals surface area contributed by atoms with Gasteiger partial charge in [0.2, 0.25) is 5.88 Å². The van der Waals surface area contributed by atoms with Gasteiger partial charge in [-0.3, -0.25) is 4.79 Å². The van der Waals surface area contributed by atoms with E-state index in [0.29, 0.717) is 0 Å². The standard InChI is InChI=1S/C13H15F3N2O5/c1-12(6-22-2,11(20)21)18-10(19)8-4-3-5-9(17-8)23-7-13(14,15)16/h3-5H,6-7H2,1-2H3,(H,18,19)(H,20,21). The highest BCUT2D eigenvalue weighted by Crippen LogP contribution is 2.17. The predicted octanol–water partition coefficient (Wildman–Crippen LogP) is 1.24. The maximum atomic E-state index is 12.1. The molecule has 1 aromatic heterocycles. The van der Waals surface area contributed by atoms with Crippen molar-refractivity contribution in [1.29, 1.82) is 0 Å². The minimum atomic E-state index is -4.54. The van der Waals surface area contributed by atoms with E-state index in [0.717, 1.165) is 6.07 Å². The Hall–Kier alpha value is -2.36. The van der Waals surface area contributed by atoms with E-state index in [1.54, 1.807) is 0 Å². The number of hydrogen-bond donors (Lipinski definition) is 2. The van der Waals surface area contributed by atoms with Gasteiger partial charge in [-0.2, -0.15) is 13.2 Å². The van der Waals surface area contributed by atoms with Gasteiger partial charge in [-0.25, -0.2) is 9.78 Å². The minimum Gasteiger partial charge on any atom is -0.479 e. The molecule has 128 valence electrons. The molecule has 2 N–H and O–H groups in total. The molecule has 1 amide bonds.